The lowest BCUT2D eigenvalue weighted by molar-refractivity contribution is -0.118. The molecule has 0 spiro atoms. The number of carbonyl (C=O) groups is 1. The van der Waals surface area contributed by atoms with E-state index in [1.165, 1.54) is 6.08 Å². The van der Waals surface area contributed by atoms with Gasteiger partial charge in [-0.2, -0.15) is 0 Å². The maximum Gasteiger partial charge on any atom is 0.244 e. The van der Waals surface area contributed by atoms with E-state index < -0.39 is 5.54 Å². The van der Waals surface area contributed by atoms with Gasteiger partial charge in [0.05, 0.1) is 12.1 Å². The molecule has 0 bridgehead atoms. The Morgan fingerprint density at radius 3 is 2.65 bits per heavy atom. The second-order valence-corrected chi connectivity index (χ2v) is 5.98. The standard InChI is InChI=1S/C15H17Cl2NO2/c16-12-5-3-11(13(17)9-12)4-6-14(20)18-15(10-19)7-1-2-8-15/h3-6,9,19H,1-2,7-8,10H2,(H,18,20). The third-order valence-electron chi connectivity index (χ3n) is 3.63. The first-order valence-corrected chi connectivity index (χ1v) is 7.36. The number of aliphatic hydroxyl groups is 1. The average molecular weight is 314 g/mol. The second kappa shape index (κ2) is 6.61. The number of benzene rings is 1. The highest BCUT2D eigenvalue weighted by atomic mass is 35.5. The molecule has 0 heterocycles. The average Bonchev–Trinajstić information content (AvgIpc) is 2.87. The number of hydrogen-bond donors (Lipinski definition) is 2. The zero-order valence-electron chi connectivity index (χ0n) is 11.0. The Hall–Kier alpha value is -1.03. The van der Waals surface area contributed by atoms with Crippen LogP contribution in [-0.4, -0.2) is 23.2 Å². The monoisotopic (exact) mass is 313 g/mol. The van der Waals surface area contributed by atoms with Gasteiger partial charge in [0.15, 0.2) is 0 Å². The summed E-state index contributed by atoms with van der Waals surface area (Å²) in [4.78, 5) is 11.9. The number of rotatable bonds is 4. The molecule has 108 valence electrons. The molecule has 0 atom stereocenters. The molecule has 3 nitrogen and oxygen atoms in total. The molecule has 2 N–H and O–H groups in total. The molecule has 1 amide bonds. The normalized spacial score (nSPS) is 17.6. The van der Waals surface area contributed by atoms with E-state index in [1.807, 2.05) is 0 Å². The molecule has 0 unspecified atom stereocenters. The van der Waals surface area contributed by atoms with E-state index in [9.17, 15) is 9.90 Å². The smallest absolute Gasteiger partial charge is 0.244 e. The lowest BCUT2D eigenvalue weighted by Crippen LogP contribution is -2.48. The quantitative estimate of drug-likeness (QED) is 0.837. The van der Waals surface area contributed by atoms with Gasteiger partial charge in [-0.05, 0) is 36.6 Å². The topological polar surface area (TPSA) is 49.3 Å². The third-order valence-corrected chi connectivity index (χ3v) is 4.19. The fourth-order valence-electron chi connectivity index (χ4n) is 2.48. The van der Waals surface area contributed by atoms with Crippen molar-refractivity contribution in [3.8, 4) is 0 Å². The SMILES string of the molecule is O=C(C=Cc1ccc(Cl)cc1Cl)NC1(CO)CCCC1. The minimum atomic E-state index is -0.453. The Balaban J connectivity index is 2.02. The first-order valence-electron chi connectivity index (χ1n) is 6.61. The number of nitrogens with one attached hydrogen (secondary N) is 1. The van der Waals surface area contributed by atoms with Crippen LogP contribution in [0.1, 0.15) is 31.2 Å². The first kappa shape index (κ1) is 15.4. The highest BCUT2D eigenvalue weighted by Gasteiger charge is 2.33. The van der Waals surface area contributed by atoms with Crippen molar-refractivity contribution in [2.75, 3.05) is 6.61 Å². The maximum atomic E-state index is 11.9. The molecular formula is C15H17Cl2NO2. The van der Waals surface area contributed by atoms with E-state index in [1.54, 1.807) is 24.3 Å². The molecule has 1 aromatic rings. The van der Waals surface area contributed by atoms with E-state index in [-0.39, 0.29) is 12.5 Å². The van der Waals surface area contributed by atoms with E-state index >= 15 is 0 Å². The third kappa shape index (κ3) is 3.75. The van der Waals surface area contributed by atoms with Crippen LogP contribution in [0.4, 0.5) is 0 Å². The molecule has 0 saturated heterocycles. The molecule has 0 aliphatic heterocycles. The van der Waals surface area contributed by atoms with Crippen molar-refractivity contribution in [2.45, 2.75) is 31.2 Å². The van der Waals surface area contributed by atoms with Crippen molar-refractivity contribution in [1.82, 2.24) is 5.32 Å². The molecule has 0 radical (unpaired) electrons. The highest BCUT2D eigenvalue weighted by molar-refractivity contribution is 6.35. The Bertz CT molecular complexity index is 523. The summed E-state index contributed by atoms with van der Waals surface area (Å²) in [6.45, 7) is -0.0196. The van der Waals surface area contributed by atoms with Gasteiger partial charge in [-0.3, -0.25) is 4.79 Å². The summed E-state index contributed by atoms with van der Waals surface area (Å²) in [5.74, 6) is -0.216. The van der Waals surface area contributed by atoms with Crippen molar-refractivity contribution in [3.63, 3.8) is 0 Å². The van der Waals surface area contributed by atoms with Gasteiger partial charge in [0.25, 0.3) is 0 Å². The Morgan fingerprint density at radius 1 is 1.35 bits per heavy atom. The fraction of sp³-hybridized carbons (Fsp3) is 0.400. The molecule has 1 aliphatic rings. The number of hydrogen-bond acceptors (Lipinski definition) is 2. The lowest BCUT2D eigenvalue weighted by atomic mass is 9.99. The van der Waals surface area contributed by atoms with Gasteiger partial charge in [0.2, 0.25) is 5.91 Å². The lowest BCUT2D eigenvalue weighted by Gasteiger charge is -2.27. The van der Waals surface area contributed by atoms with Crippen molar-refractivity contribution < 1.29 is 9.90 Å². The fourth-order valence-corrected chi connectivity index (χ4v) is 2.95. The van der Waals surface area contributed by atoms with Gasteiger partial charge in [0, 0.05) is 16.1 Å². The Kier molecular flexibility index (Phi) is 5.08. The Morgan fingerprint density at radius 2 is 2.05 bits per heavy atom. The highest BCUT2D eigenvalue weighted by Crippen LogP contribution is 2.29. The summed E-state index contributed by atoms with van der Waals surface area (Å²) in [6.07, 6.45) is 6.80. The van der Waals surface area contributed by atoms with Crippen molar-refractivity contribution >= 4 is 35.2 Å². The molecule has 1 aliphatic carbocycles. The molecule has 0 aromatic heterocycles. The van der Waals surface area contributed by atoms with Crippen molar-refractivity contribution in [3.05, 3.63) is 39.9 Å². The van der Waals surface area contributed by atoms with E-state index in [4.69, 9.17) is 23.2 Å². The van der Waals surface area contributed by atoms with Crippen molar-refractivity contribution in [2.24, 2.45) is 0 Å². The number of amides is 1. The van der Waals surface area contributed by atoms with E-state index in [2.05, 4.69) is 5.32 Å². The molecule has 1 fully saturated rings. The molecular weight excluding hydrogens is 297 g/mol. The van der Waals surface area contributed by atoms with Gasteiger partial charge in [-0.1, -0.05) is 42.1 Å². The summed E-state index contributed by atoms with van der Waals surface area (Å²) < 4.78 is 0. The van der Waals surface area contributed by atoms with Gasteiger partial charge in [-0.15, -0.1) is 0 Å². The molecule has 1 saturated carbocycles. The zero-order valence-corrected chi connectivity index (χ0v) is 12.5. The summed E-state index contributed by atoms with van der Waals surface area (Å²) in [5.41, 5.74) is 0.279. The van der Waals surface area contributed by atoms with Crippen molar-refractivity contribution in [1.29, 1.82) is 0 Å². The van der Waals surface area contributed by atoms with Crippen LogP contribution in [0, 0.1) is 0 Å². The van der Waals surface area contributed by atoms with Crippen LogP contribution in [0.15, 0.2) is 24.3 Å². The minimum absolute atomic E-state index is 0.0196. The van der Waals surface area contributed by atoms with Gasteiger partial charge >= 0.3 is 0 Å². The van der Waals surface area contributed by atoms with Crippen LogP contribution in [0.2, 0.25) is 10.0 Å². The van der Waals surface area contributed by atoms with E-state index in [0.29, 0.717) is 10.0 Å². The van der Waals surface area contributed by atoms with Crippen LogP contribution in [0.25, 0.3) is 6.08 Å². The first-order chi connectivity index (χ1) is 9.54. The predicted molar refractivity (Wildman–Crippen MR) is 81.9 cm³/mol. The number of aliphatic hydroxyl groups excluding tert-OH is 1. The van der Waals surface area contributed by atoms with Gasteiger partial charge in [0.1, 0.15) is 0 Å². The van der Waals surface area contributed by atoms with Gasteiger partial charge < -0.3 is 10.4 Å². The largest absolute Gasteiger partial charge is 0.394 e. The van der Waals surface area contributed by atoms with Crippen LogP contribution in [-0.2, 0) is 4.79 Å². The Labute approximate surface area is 128 Å². The van der Waals surface area contributed by atoms with Crippen LogP contribution in [0.5, 0.6) is 0 Å². The molecule has 5 heteroatoms. The summed E-state index contributed by atoms with van der Waals surface area (Å²) in [7, 11) is 0. The molecule has 2 rings (SSSR count). The summed E-state index contributed by atoms with van der Waals surface area (Å²) >= 11 is 11.8. The van der Waals surface area contributed by atoms with Crippen LogP contribution < -0.4 is 5.32 Å². The second-order valence-electron chi connectivity index (χ2n) is 5.13. The maximum absolute atomic E-state index is 11.9. The predicted octanol–water partition coefficient (Wildman–Crippen LogP) is 3.43. The molecule has 20 heavy (non-hydrogen) atoms. The van der Waals surface area contributed by atoms with Crippen LogP contribution >= 0.6 is 23.2 Å². The van der Waals surface area contributed by atoms with Crippen LogP contribution in [0.3, 0.4) is 0 Å². The summed E-state index contributed by atoms with van der Waals surface area (Å²) in [5, 5.41) is 13.4. The number of halogens is 2. The molecule has 1 aromatic carbocycles. The number of carbonyl (C=O) groups excluding carboxylic acids is 1. The van der Waals surface area contributed by atoms with Gasteiger partial charge in [-0.25, -0.2) is 0 Å². The van der Waals surface area contributed by atoms with E-state index in [0.717, 1.165) is 31.2 Å². The summed E-state index contributed by atoms with van der Waals surface area (Å²) in [6, 6.07) is 5.11. The minimum Gasteiger partial charge on any atom is -0.394 e. The zero-order chi connectivity index (χ0) is 14.6.